The summed E-state index contributed by atoms with van der Waals surface area (Å²) in [6.07, 6.45) is 1.74. The van der Waals surface area contributed by atoms with E-state index < -0.39 is 24.4 Å². The molecule has 131 valence electrons. The first-order valence-electron chi connectivity index (χ1n) is 6.51. The topological polar surface area (TPSA) is 61.1 Å². The van der Waals surface area contributed by atoms with Crippen molar-refractivity contribution in [3.63, 3.8) is 0 Å². The maximum Gasteiger partial charge on any atom is 0.485 e. The van der Waals surface area contributed by atoms with Gasteiger partial charge in [0.2, 0.25) is 0 Å². The molecule has 0 aliphatic heterocycles. The third kappa shape index (κ3) is 5.39. The van der Waals surface area contributed by atoms with Crippen molar-refractivity contribution in [3.05, 3.63) is 54.6 Å². The monoisotopic (exact) mass is 380 g/mol. The van der Waals surface area contributed by atoms with Crippen LogP contribution in [0.1, 0.15) is 0 Å². The molecule has 1 radical (unpaired) electrons. The zero-order valence-electron chi connectivity index (χ0n) is 12.7. The molecule has 0 N–H and O–H groups in total. The zero-order valence-corrected chi connectivity index (χ0v) is 14.5. The predicted octanol–water partition coefficient (Wildman–Crippen LogP) is 0.940. The van der Waals surface area contributed by atoms with Crippen LogP contribution in [0.4, 0.5) is 17.6 Å². The fraction of sp³-hybridized carbons (Fsp3) is 0.214. The summed E-state index contributed by atoms with van der Waals surface area (Å²) in [5.41, 5.74) is -5.65. The summed E-state index contributed by atoms with van der Waals surface area (Å²) in [6.45, 7) is 2.12. The molecule has 0 fully saturated rings. The zero-order chi connectivity index (χ0) is 18.5. The molecular weight excluding hydrogens is 366 g/mol. The fourth-order valence-electron chi connectivity index (χ4n) is 1.72. The standard InChI is InChI=1S/C13H14FNSi.CHF3O3S/c1-15-10-6-9-12(13(15)14)16(2)11-7-4-3-5-8-11;2-1(3,4)8(5,6)7/h3-10H,1-2H3;(H,5,6,7)/q+1;/p-1. The number of aromatic nitrogens is 1. The van der Waals surface area contributed by atoms with Gasteiger partial charge >= 0.3 is 11.5 Å². The van der Waals surface area contributed by atoms with E-state index in [1.165, 1.54) is 9.75 Å². The van der Waals surface area contributed by atoms with Gasteiger partial charge in [0.15, 0.2) is 16.3 Å². The summed E-state index contributed by atoms with van der Waals surface area (Å²) >= 11 is 0. The van der Waals surface area contributed by atoms with E-state index in [-0.39, 0.29) is 5.95 Å². The number of nitrogens with zero attached hydrogens (tertiary/aromatic N) is 1. The van der Waals surface area contributed by atoms with E-state index in [9.17, 15) is 17.6 Å². The summed E-state index contributed by atoms with van der Waals surface area (Å²) in [5, 5.41) is 2.07. The lowest BCUT2D eigenvalue weighted by atomic mass is 10.4. The lowest BCUT2D eigenvalue weighted by molar-refractivity contribution is -0.699. The Hall–Kier alpha value is -1.78. The molecule has 0 saturated heterocycles. The van der Waals surface area contributed by atoms with Gasteiger partial charge in [-0.1, -0.05) is 42.1 Å². The molecule has 4 nitrogen and oxygen atoms in total. The summed E-state index contributed by atoms with van der Waals surface area (Å²) in [4.78, 5) is 0. The van der Waals surface area contributed by atoms with Gasteiger partial charge in [0, 0.05) is 11.3 Å². The summed E-state index contributed by atoms with van der Waals surface area (Å²) in [6, 6.07) is 13.9. The average molecular weight is 380 g/mol. The van der Waals surface area contributed by atoms with Crippen molar-refractivity contribution in [3.8, 4) is 0 Å². The fourth-order valence-corrected chi connectivity index (χ4v) is 3.55. The second-order valence-corrected chi connectivity index (χ2v) is 8.45. The van der Waals surface area contributed by atoms with Gasteiger partial charge in [-0.2, -0.15) is 17.7 Å². The largest absolute Gasteiger partial charge is 0.741 e. The van der Waals surface area contributed by atoms with Crippen molar-refractivity contribution < 1.29 is 35.1 Å². The van der Waals surface area contributed by atoms with Gasteiger partial charge < -0.3 is 4.55 Å². The number of hydrogen-bond acceptors (Lipinski definition) is 3. The molecule has 0 spiro atoms. The van der Waals surface area contributed by atoms with E-state index in [0.717, 1.165) is 5.19 Å². The van der Waals surface area contributed by atoms with Gasteiger partial charge in [-0.3, -0.25) is 0 Å². The molecule has 0 bridgehead atoms. The molecular formula is C14H14F4NO3SSi. The van der Waals surface area contributed by atoms with Gasteiger partial charge in [-0.05, 0) is 6.07 Å². The van der Waals surface area contributed by atoms with E-state index in [2.05, 4.69) is 18.7 Å². The van der Waals surface area contributed by atoms with Crippen LogP contribution in [0, 0.1) is 5.95 Å². The van der Waals surface area contributed by atoms with Crippen LogP contribution in [0.2, 0.25) is 6.55 Å². The number of rotatable bonds is 2. The number of alkyl halides is 3. The van der Waals surface area contributed by atoms with Crippen molar-refractivity contribution in [1.82, 2.24) is 0 Å². The van der Waals surface area contributed by atoms with Crippen LogP contribution in [-0.2, 0) is 17.2 Å². The molecule has 1 aromatic heterocycles. The predicted molar refractivity (Wildman–Crippen MR) is 80.7 cm³/mol. The van der Waals surface area contributed by atoms with Crippen molar-refractivity contribution in [2.24, 2.45) is 7.05 Å². The first-order chi connectivity index (χ1) is 10.9. The minimum atomic E-state index is -6.09. The SMILES string of the molecule is C[n+]1cccc([Si](C)c2ccccc2)c1F.O=S(=O)([O-])C(F)(F)F. The molecule has 2 aromatic rings. The lowest BCUT2D eigenvalue weighted by Crippen LogP contribution is -2.48. The minimum absolute atomic E-state index is 0.122. The van der Waals surface area contributed by atoms with Crippen LogP contribution < -0.4 is 14.9 Å². The summed E-state index contributed by atoms with van der Waals surface area (Å²) in [7, 11) is -5.35. The lowest BCUT2D eigenvalue weighted by Gasteiger charge is -2.08. The molecule has 24 heavy (non-hydrogen) atoms. The van der Waals surface area contributed by atoms with Crippen molar-refractivity contribution in [1.29, 1.82) is 0 Å². The van der Waals surface area contributed by atoms with Crippen molar-refractivity contribution in [2.75, 3.05) is 0 Å². The van der Waals surface area contributed by atoms with E-state index >= 15 is 0 Å². The van der Waals surface area contributed by atoms with Crippen LogP contribution >= 0.6 is 0 Å². The van der Waals surface area contributed by atoms with Gasteiger partial charge in [0.05, 0.1) is 0 Å². The summed E-state index contributed by atoms with van der Waals surface area (Å²) < 4.78 is 74.4. The van der Waals surface area contributed by atoms with Crippen LogP contribution in [-0.4, -0.2) is 27.3 Å². The Morgan fingerprint density at radius 2 is 1.58 bits per heavy atom. The average Bonchev–Trinajstić information content (AvgIpc) is 2.49. The van der Waals surface area contributed by atoms with E-state index in [0.29, 0.717) is 0 Å². The molecule has 0 aliphatic carbocycles. The normalized spacial score (nSPS) is 11.8. The van der Waals surface area contributed by atoms with Gasteiger partial charge in [-0.15, -0.1) is 4.39 Å². The Labute approximate surface area is 138 Å². The highest BCUT2D eigenvalue weighted by molar-refractivity contribution is 7.86. The Bertz CT molecular complexity index is 782. The van der Waals surface area contributed by atoms with Gasteiger partial charge in [0.25, 0.3) is 0 Å². The van der Waals surface area contributed by atoms with E-state index in [1.807, 2.05) is 30.3 Å². The number of halogens is 4. The molecule has 1 heterocycles. The van der Waals surface area contributed by atoms with Crippen molar-refractivity contribution >= 4 is 29.3 Å². The Balaban J connectivity index is 0.000000307. The third-order valence-corrected chi connectivity index (χ3v) is 5.95. The highest BCUT2D eigenvalue weighted by Crippen LogP contribution is 2.20. The van der Waals surface area contributed by atoms with Crippen molar-refractivity contribution in [2.45, 2.75) is 12.1 Å². The second kappa shape index (κ2) is 7.86. The maximum absolute atomic E-state index is 13.9. The van der Waals surface area contributed by atoms with Gasteiger partial charge in [-0.25, -0.2) is 8.42 Å². The second-order valence-electron chi connectivity index (χ2n) is 4.71. The quantitative estimate of drug-likeness (QED) is 0.195. The molecule has 10 heteroatoms. The van der Waals surface area contributed by atoms with E-state index in [4.69, 9.17) is 13.0 Å². The van der Waals surface area contributed by atoms with Crippen LogP contribution in [0.5, 0.6) is 0 Å². The Morgan fingerprint density at radius 3 is 2.04 bits per heavy atom. The smallest absolute Gasteiger partial charge is 0.485 e. The molecule has 0 saturated carbocycles. The maximum atomic E-state index is 13.9. The molecule has 0 aliphatic rings. The number of benzene rings is 1. The molecule has 0 atom stereocenters. The molecule has 1 aromatic carbocycles. The highest BCUT2D eigenvalue weighted by atomic mass is 32.2. The Morgan fingerprint density at radius 1 is 1.08 bits per heavy atom. The molecule has 0 unspecified atom stereocenters. The van der Waals surface area contributed by atoms with Crippen LogP contribution in [0.15, 0.2) is 48.7 Å². The minimum Gasteiger partial charge on any atom is -0.741 e. The molecule has 2 rings (SSSR count). The Kier molecular flexibility index (Phi) is 6.64. The first-order valence-corrected chi connectivity index (χ1v) is 9.91. The highest BCUT2D eigenvalue weighted by Gasteiger charge is 2.36. The number of aryl methyl sites for hydroxylation is 1. The first kappa shape index (κ1) is 20.3. The number of pyridine rings is 1. The van der Waals surface area contributed by atoms with Crippen LogP contribution in [0.25, 0.3) is 0 Å². The number of hydrogen-bond donors (Lipinski definition) is 0. The molecule has 0 amide bonds. The van der Waals surface area contributed by atoms with Crippen LogP contribution in [0.3, 0.4) is 0 Å². The summed E-state index contributed by atoms with van der Waals surface area (Å²) in [5.74, 6) is -0.122. The van der Waals surface area contributed by atoms with Gasteiger partial charge in [0.1, 0.15) is 15.8 Å². The van der Waals surface area contributed by atoms with E-state index in [1.54, 1.807) is 13.2 Å². The third-order valence-electron chi connectivity index (χ3n) is 3.00.